The van der Waals surface area contributed by atoms with Gasteiger partial charge in [0.1, 0.15) is 5.82 Å². The zero-order valence-corrected chi connectivity index (χ0v) is 15.8. The molecule has 2 aliphatic rings. The number of carbonyl (C=O) groups is 1. The van der Waals surface area contributed by atoms with Crippen LogP contribution in [0.4, 0.5) is 4.39 Å². The molecule has 0 bridgehead atoms. The number of hydrogen-bond acceptors (Lipinski definition) is 3. The smallest absolute Gasteiger partial charge is 0.222 e. The summed E-state index contributed by atoms with van der Waals surface area (Å²) in [5, 5.41) is 0. The predicted molar refractivity (Wildman–Crippen MR) is 100 cm³/mol. The largest absolute Gasteiger partial charge is 0.379 e. The molecule has 2 unspecified atom stereocenters. The summed E-state index contributed by atoms with van der Waals surface area (Å²) in [6.45, 7) is 8.42. The molecule has 5 heteroatoms. The lowest BCUT2D eigenvalue weighted by Gasteiger charge is -2.34. The molecule has 144 valence electrons. The van der Waals surface area contributed by atoms with E-state index in [4.69, 9.17) is 4.74 Å². The summed E-state index contributed by atoms with van der Waals surface area (Å²) in [5.74, 6) is 0.948. The Morgan fingerprint density at radius 2 is 1.96 bits per heavy atom. The van der Waals surface area contributed by atoms with E-state index in [0.29, 0.717) is 18.3 Å². The van der Waals surface area contributed by atoms with Crippen LogP contribution in [-0.4, -0.2) is 61.6 Å². The zero-order valence-electron chi connectivity index (χ0n) is 15.8. The summed E-state index contributed by atoms with van der Waals surface area (Å²) < 4.78 is 18.4. The van der Waals surface area contributed by atoms with Gasteiger partial charge >= 0.3 is 0 Å². The van der Waals surface area contributed by atoms with Crippen LogP contribution in [0.2, 0.25) is 0 Å². The minimum absolute atomic E-state index is 0.191. The SMILES string of the molecule is CC(CC(=O)N1CCCC(Cc2ccc(F)cc2)C1)CN1CCOCC1. The zero-order chi connectivity index (χ0) is 18.4. The topological polar surface area (TPSA) is 32.8 Å². The Morgan fingerprint density at radius 1 is 1.23 bits per heavy atom. The minimum atomic E-state index is -0.191. The van der Waals surface area contributed by atoms with Gasteiger partial charge < -0.3 is 9.64 Å². The monoisotopic (exact) mass is 362 g/mol. The lowest BCUT2D eigenvalue weighted by atomic mass is 9.91. The molecule has 2 fully saturated rings. The van der Waals surface area contributed by atoms with E-state index in [-0.39, 0.29) is 11.7 Å². The summed E-state index contributed by atoms with van der Waals surface area (Å²) in [6, 6.07) is 6.77. The van der Waals surface area contributed by atoms with E-state index in [1.54, 1.807) is 0 Å². The molecule has 3 rings (SSSR count). The number of hydrogen-bond donors (Lipinski definition) is 0. The highest BCUT2D eigenvalue weighted by molar-refractivity contribution is 5.76. The van der Waals surface area contributed by atoms with Crippen molar-refractivity contribution in [1.29, 1.82) is 0 Å². The number of benzene rings is 1. The first-order valence-electron chi connectivity index (χ1n) is 9.92. The molecule has 0 N–H and O–H groups in total. The molecular formula is C21H31FN2O2. The molecule has 0 spiro atoms. The first-order valence-corrected chi connectivity index (χ1v) is 9.92. The molecule has 2 atom stereocenters. The Hall–Kier alpha value is -1.46. The molecule has 0 aromatic heterocycles. The van der Waals surface area contributed by atoms with E-state index in [1.165, 1.54) is 12.1 Å². The lowest BCUT2D eigenvalue weighted by molar-refractivity contribution is -0.134. The number of amides is 1. The van der Waals surface area contributed by atoms with Gasteiger partial charge in [-0.1, -0.05) is 19.1 Å². The Morgan fingerprint density at radius 3 is 2.69 bits per heavy atom. The second-order valence-corrected chi connectivity index (χ2v) is 7.90. The van der Waals surface area contributed by atoms with Gasteiger partial charge in [-0.25, -0.2) is 4.39 Å². The fraction of sp³-hybridized carbons (Fsp3) is 0.667. The third kappa shape index (κ3) is 5.78. The number of morpholine rings is 1. The van der Waals surface area contributed by atoms with Crippen LogP contribution in [-0.2, 0) is 16.0 Å². The maximum atomic E-state index is 13.1. The number of halogens is 1. The highest BCUT2D eigenvalue weighted by Crippen LogP contribution is 2.22. The Balaban J connectivity index is 1.45. The number of carbonyl (C=O) groups excluding carboxylic acids is 1. The Bertz CT molecular complexity index is 572. The maximum absolute atomic E-state index is 13.1. The number of likely N-dealkylation sites (tertiary alicyclic amines) is 1. The Kier molecular flexibility index (Phi) is 7.03. The molecule has 1 amide bonds. The molecule has 4 nitrogen and oxygen atoms in total. The number of piperidine rings is 1. The minimum Gasteiger partial charge on any atom is -0.379 e. The lowest BCUT2D eigenvalue weighted by Crippen LogP contribution is -2.43. The average Bonchev–Trinajstić information content (AvgIpc) is 2.64. The van der Waals surface area contributed by atoms with E-state index >= 15 is 0 Å². The summed E-state index contributed by atoms with van der Waals surface area (Å²) >= 11 is 0. The van der Waals surface area contributed by atoms with Gasteiger partial charge in [0.15, 0.2) is 0 Å². The third-order valence-corrected chi connectivity index (χ3v) is 5.51. The predicted octanol–water partition coefficient (Wildman–Crippen LogP) is 2.97. The maximum Gasteiger partial charge on any atom is 0.222 e. The highest BCUT2D eigenvalue weighted by Gasteiger charge is 2.25. The normalized spacial score (nSPS) is 23.0. The van der Waals surface area contributed by atoms with Gasteiger partial charge in [-0.15, -0.1) is 0 Å². The van der Waals surface area contributed by atoms with Crippen LogP contribution in [0.15, 0.2) is 24.3 Å². The molecule has 2 heterocycles. The van der Waals surface area contributed by atoms with Crippen LogP contribution >= 0.6 is 0 Å². The number of ether oxygens (including phenoxy) is 1. The van der Waals surface area contributed by atoms with Gasteiger partial charge in [0, 0.05) is 39.1 Å². The summed E-state index contributed by atoms with van der Waals surface area (Å²) in [4.78, 5) is 17.2. The molecular weight excluding hydrogens is 331 g/mol. The van der Waals surface area contributed by atoms with E-state index in [0.717, 1.165) is 70.8 Å². The summed E-state index contributed by atoms with van der Waals surface area (Å²) in [6.07, 6.45) is 3.76. The van der Waals surface area contributed by atoms with Crippen molar-refractivity contribution in [3.05, 3.63) is 35.6 Å². The van der Waals surface area contributed by atoms with E-state index in [1.807, 2.05) is 17.0 Å². The molecule has 2 saturated heterocycles. The van der Waals surface area contributed by atoms with Gasteiger partial charge in [0.2, 0.25) is 5.91 Å². The van der Waals surface area contributed by atoms with E-state index in [9.17, 15) is 9.18 Å². The quantitative estimate of drug-likeness (QED) is 0.780. The van der Waals surface area contributed by atoms with Gasteiger partial charge in [0.25, 0.3) is 0 Å². The number of rotatable bonds is 6. The third-order valence-electron chi connectivity index (χ3n) is 5.51. The van der Waals surface area contributed by atoms with Crippen molar-refractivity contribution in [3.63, 3.8) is 0 Å². The van der Waals surface area contributed by atoms with Crippen LogP contribution in [0.25, 0.3) is 0 Å². The highest BCUT2D eigenvalue weighted by atomic mass is 19.1. The van der Waals surface area contributed by atoms with Crippen molar-refractivity contribution in [2.75, 3.05) is 45.9 Å². The standard InChI is InChI=1S/C21H31FN2O2/c1-17(15-23-9-11-26-12-10-23)13-21(25)24-8-2-3-19(16-24)14-18-4-6-20(22)7-5-18/h4-7,17,19H,2-3,8-16H2,1H3. The van der Waals surface area contributed by atoms with E-state index in [2.05, 4.69) is 11.8 Å². The number of nitrogens with zero attached hydrogens (tertiary/aromatic N) is 2. The van der Waals surface area contributed by atoms with Gasteiger partial charge in [0.05, 0.1) is 13.2 Å². The molecule has 2 aliphatic heterocycles. The van der Waals surface area contributed by atoms with Crippen molar-refractivity contribution >= 4 is 5.91 Å². The summed E-state index contributed by atoms with van der Waals surface area (Å²) in [7, 11) is 0. The average molecular weight is 362 g/mol. The second-order valence-electron chi connectivity index (χ2n) is 7.90. The van der Waals surface area contributed by atoms with Gasteiger partial charge in [-0.2, -0.15) is 0 Å². The van der Waals surface area contributed by atoms with Crippen molar-refractivity contribution in [1.82, 2.24) is 9.80 Å². The molecule has 0 radical (unpaired) electrons. The Labute approximate surface area is 156 Å². The van der Waals surface area contributed by atoms with Crippen LogP contribution in [0, 0.1) is 17.7 Å². The van der Waals surface area contributed by atoms with Crippen molar-refractivity contribution in [2.24, 2.45) is 11.8 Å². The molecule has 0 aliphatic carbocycles. The molecule has 1 aromatic carbocycles. The van der Waals surface area contributed by atoms with Crippen LogP contribution < -0.4 is 0 Å². The van der Waals surface area contributed by atoms with Gasteiger partial charge in [-0.05, 0) is 48.8 Å². The van der Waals surface area contributed by atoms with Crippen LogP contribution in [0.5, 0.6) is 0 Å². The first kappa shape index (κ1) is 19.3. The van der Waals surface area contributed by atoms with Crippen molar-refractivity contribution in [3.8, 4) is 0 Å². The van der Waals surface area contributed by atoms with Crippen LogP contribution in [0.3, 0.4) is 0 Å². The first-order chi connectivity index (χ1) is 12.6. The molecule has 1 aromatic rings. The molecule has 0 saturated carbocycles. The van der Waals surface area contributed by atoms with Crippen LogP contribution in [0.1, 0.15) is 31.7 Å². The van der Waals surface area contributed by atoms with Crippen molar-refractivity contribution in [2.45, 2.75) is 32.6 Å². The second kappa shape index (κ2) is 9.47. The molecule has 26 heavy (non-hydrogen) atoms. The van der Waals surface area contributed by atoms with Gasteiger partial charge in [-0.3, -0.25) is 9.69 Å². The van der Waals surface area contributed by atoms with Crippen molar-refractivity contribution < 1.29 is 13.9 Å². The fourth-order valence-electron chi connectivity index (χ4n) is 4.13. The fourth-order valence-corrected chi connectivity index (χ4v) is 4.13. The van der Waals surface area contributed by atoms with E-state index < -0.39 is 0 Å². The summed E-state index contributed by atoms with van der Waals surface area (Å²) in [5.41, 5.74) is 1.16.